The lowest BCUT2D eigenvalue weighted by Gasteiger charge is -2.14. The number of halogens is 1. The molecule has 0 radical (unpaired) electrons. The molecule has 1 aliphatic heterocycles. The molecule has 8 nitrogen and oxygen atoms in total. The monoisotopic (exact) mass is 458 g/mol. The first-order valence-corrected chi connectivity index (χ1v) is 8.04. The molecule has 1 rings (SSSR count). The number of nitrogens with one attached hydrogen (secondary N) is 2. The summed E-state index contributed by atoms with van der Waals surface area (Å²) in [7, 11) is 5.08. The topological polar surface area (TPSA) is 84.4 Å². The largest absolute Gasteiger partial charge is 0.383 e. The number of methoxy groups -OCH3 is 1. The van der Waals surface area contributed by atoms with E-state index in [1.807, 2.05) is 0 Å². The molecule has 1 amide bonds. The number of carbonyl (C=O) groups is 1. The number of likely N-dealkylation sites (N-methyl/N-ethyl adjacent to an activating group) is 1. The van der Waals surface area contributed by atoms with E-state index in [4.69, 9.17) is 14.2 Å². The van der Waals surface area contributed by atoms with E-state index >= 15 is 0 Å². The first-order valence-electron chi connectivity index (χ1n) is 8.04. The number of guanidine groups is 1. The van der Waals surface area contributed by atoms with Crippen molar-refractivity contribution in [2.24, 2.45) is 4.99 Å². The van der Waals surface area contributed by atoms with Gasteiger partial charge in [-0.1, -0.05) is 0 Å². The van der Waals surface area contributed by atoms with E-state index in [0.29, 0.717) is 32.3 Å². The number of amides is 1. The third-order valence-corrected chi connectivity index (χ3v) is 3.32. The minimum Gasteiger partial charge on any atom is -0.383 e. The summed E-state index contributed by atoms with van der Waals surface area (Å²) in [6.45, 7) is 4.23. The van der Waals surface area contributed by atoms with E-state index < -0.39 is 0 Å². The van der Waals surface area contributed by atoms with Crippen molar-refractivity contribution in [3.05, 3.63) is 0 Å². The molecule has 1 fully saturated rings. The van der Waals surface area contributed by atoms with Crippen molar-refractivity contribution < 1.29 is 19.0 Å². The Bertz CT molecular complexity index is 363. The third-order valence-electron chi connectivity index (χ3n) is 3.32. The highest BCUT2D eigenvalue weighted by Gasteiger charge is 2.15. The van der Waals surface area contributed by atoms with Gasteiger partial charge < -0.3 is 29.7 Å². The molecule has 9 heteroatoms. The van der Waals surface area contributed by atoms with Crippen LogP contribution in [0.2, 0.25) is 0 Å². The van der Waals surface area contributed by atoms with Crippen LogP contribution >= 0.6 is 24.0 Å². The van der Waals surface area contributed by atoms with E-state index in [1.165, 1.54) is 4.90 Å². The van der Waals surface area contributed by atoms with Gasteiger partial charge in [-0.15, -0.1) is 24.0 Å². The van der Waals surface area contributed by atoms with Gasteiger partial charge in [-0.25, -0.2) is 4.99 Å². The zero-order chi connectivity index (χ0) is 16.9. The number of hydrogen-bond acceptors (Lipinski definition) is 5. The number of aliphatic imine (C=N–C) groups is 1. The maximum absolute atomic E-state index is 11.6. The summed E-state index contributed by atoms with van der Waals surface area (Å²) in [5.41, 5.74) is 0. The summed E-state index contributed by atoms with van der Waals surface area (Å²) in [6, 6.07) is 0. The Labute approximate surface area is 161 Å². The molecule has 0 saturated carbocycles. The number of ether oxygens (including phenoxy) is 3. The lowest BCUT2D eigenvalue weighted by Crippen LogP contribution is -2.40. The molecular formula is C15H31IN4O4. The van der Waals surface area contributed by atoms with Gasteiger partial charge in [0.25, 0.3) is 0 Å². The van der Waals surface area contributed by atoms with Crippen molar-refractivity contribution in [1.82, 2.24) is 15.5 Å². The molecular weight excluding hydrogens is 427 g/mol. The normalized spacial score (nSPS) is 17.3. The average molecular weight is 458 g/mol. The van der Waals surface area contributed by atoms with Gasteiger partial charge in [-0.3, -0.25) is 4.79 Å². The Morgan fingerprint density at radius 2 is 2.04 bits per heavy atom. The van der Waals surface area contributed by atoms with Gasteiger partial charge in [0.15, 0.2) is 5.96 Å². The SMILES string of the molecule is COCCNC(=NCC(=O)N(C)C)NCCCOC1CCOC1.I. The molecule has 0 aromatic heterocycles. The first kappa shape index (κ1) is 23.4. The summed E-state index contributed by atoms with van der Waals surface area (Å²) < 4.78 is 16.0. The Hall–Kier alpha value is -0.650. The Kier molecular flexibility index (Phi) is 14.3. The van der Waals surface area contributed by atoms with Gasteiger partial charge in [0, 0.05) is 47.5 Å². The minimum atomic E-state index is -0.0394. The highest BCUT2D eigenvalue weighted by molar-refractivity contribution is 14.0. The Morgan fingerprint density at radius 3 is 2.67 bits per heavy atom. The highest BCUT2D eigenvalue weighted by Crippen LogP contribution is 2.07. The van der Waals surface area contributed by atoms with Gasteiger partial charge in [0.1, 0.15) is 6.54 Å². The van der Waals surface area contributed by atoms with Crippen molar-refractivity contribution >= 4 is 35.8 Å². The van der Waals surface area contributed by atoms with Crippen molar-refractivity contribution in [1.29, 1.82) is 0 Å². The van der Waals surface area contributed by atoms with Crippen LogP contribution in [-0.2, 0) is 19.0 Å². The molecule has 142 valence electrons. The van der Waals surface area contributed by atoms with Gasteiger partial charge in [0.2, 0.25) is 5.91 Å². The number of nitrogens with zero attached hydrogens (tertiary/aromatic N) is 2. The smallest absolute Gasteiger partial charge is 0.243 e. The van der Waals surface area contributed by atoms with Gasteiger partial charge in [-0.2, -0.15) is 0 Å². The molecule has 1 atom stereocenters. The predicted molar refractivity (Wildman–Crippen MR) is 104 cm³/mol. The third kappa shape index (κ3) is 11.0. The number of hydrogen-bond donors (Lipinski definition) is 2. The maximum atomic E-state index is 11.6. The summed E-state index contributed by atoms with van der Waals surface area (Å²) in [4.78, 5) is 17.4. The standard InChI is InChI=1S/C15H30N4O4.HI/c1-19(2)14(20)11-18-15(17-7-10-21-3)16-6-4-8-23-13-5-9-22-12-13;/h13H,4-12H2,1-3H3,(H2,16,17,18);1H. The number of rotatable bonds is 10. The zero-order valence-corrected chi connectivity index (χ0v) is 17.2. The highest BCUT2D eigenvalue weighted by atomic mass is 127. The molecule has 0 aromatic carbocycles. The van der Waals surface area contributed by atoms with Crippen molar-refractivity contribution in [3.8, 4) is 0 Å². The summed E-state index contributed by atoms with van der Waals surface area (Å²) >= 11 is 0. The van der Waals surface area contributed by atoms with E-state index in [1.54, 1.807) is 21.2 Å². The molecule has 0 bridgehead atoms. The van der Waals surface area contributed by atoms with Crippen molar-refractivity contribution in [2.45, 2.75) is 18.9 Å². The summed E-state index contributed by atoms with van der Waals surface area (Å²) in [6.07, 6.45) is 2.08. The van der Waals surface area contributed by atoms with Crippen molar-refractivity contribution in [2.75, 3.05) is 67.3 Å². The van der Waals surface area contributed by atoms with Gasteiger partial charge >= 0.3 is 0 Å². The maximum Gasteiger partial charge on any atom is 0.243 e. The van der Waals surface area contributed by atoms with Crippen LogP contribution in [-0.4, -0.2) is 90.1 Å². The molecule has 24 heavy (non-hydrogen) atoms. The molecule has 0 aromatic rings. The fourth-order valence-electron chi connectivity index (χ4n) is 1.91. The van der Waals surface area contributed by atoms with Crippen LogP contribution in [0, 0.1) is 0 Å². The zero-order valence-electron chi connectivity index (χ0n) is 14.9. The van der Waals surface area contributed by atoms with E-state index in [9.17, 15) is 4.79 Å². The van der Waals surface area contributed by atoms with Crippen molar-refractivity contribution in [3.63, 3.8) is 0 Å². The summed E-state index contributed by atoms with van der Waals surface area (Å²) in [5, 5.41) is 6.33. The Morgan fingerprint density at radius 1 is 1.29 bits per heavy atom. The van der Waals surface area contributed by atoms with E-state index in [-0.39, 0.29) is 42.5 Å². The molecule has 0 spiro atoms. The van der Waals surface area contributed by atoms with Crippen LogP contribution in [0.4, 0.5) is 0 Å². The molecule has 0 aliphatic carbocycles. The van der Waals surface area contributed by atoms with Crippen LogP contribution in [0.15, 0.2) is 4.99 Å². The van der Waals surface area contributed by atoms with Gasteiger partial charge in [0.05, 0.1) is 19.3 Å². The van der Waals surface area contributed by atoms with Crippen LogP contribution < -0.4 is 10.6 Å². The van der Waals surface area contributed by atoms with Crippen LogP contribution in [0.5, 0.6) is 0 Å². The molecule has 1 heterocycles. The number of carbonyl (C=O) groups excluding carboxylic acids is 1. The molecule has 1 unspecified atom stereocenters. The second-order valence-electron chi connectivity index (χ2n) is 5.51. The molecule has 1 saturated heterocycles. The minimum absolute atomic E-state index is 0. The predicted octanol–water partition coefficient (Wildman–Crippen LogP) is 0.0698. The lowest BCUT2D eigenvalue weighted by molar-refractivity contribution is -0.127. The van der Waals surface area contributed by atoms with E-state index in [0.717, 1.165) is 26.0 Å². The van der Waals surface area contributed by atoms with Crippen LogP contribution in [0.1, 0.15) is 12.8 Å². The molecule has 2 N–H and O–H groups in total. The second kappa shape index (κ2) is 14.7. The van der Waals surface area contributed by atoms with Crippen LogP contribution in [0.3, 0.4) is 0 Å². The summed E-state index contributed by atoms with van der Waals surface area (Å²) in [5.74, 6) is 0.573. The second-order valence-corrected chi connectivity index (χ2v) is 5.51. The fraction of sp³-hybridized carbons (Fsp3) is 0.867. The lowest BCUT2D eigenvalue weighted by atomic mass is 10.3. The fourth-order valence-corrected chi connectivity index (χ4v) is 1.91. The quantitative estimate of drug-likeness (QED) is 0.209. The van der Waals surface area contributed by atoms with Gasteiger partial charge in [-0.05, 0) is 12.8 Å². The average Bonchev–Trinajstić information content (AvgIpc) is 3.04. The van der Waals surface area contributed by atoms with Crippen LogP contribution in [0.25, 0.3) is 0 Å². The molecule has 1 aliphatic rings. The Balaban J connectivity index is 0.00000529. The first-order chi connectivity index (χ1) is 11.1. The van der Waals surface area contributed by atoms with E-state index in [2.05, 4.69) is 15.6 Å².